The average molecular weight is 273 g/mol. The van der Waals surface area contributed by atoms with Crippen LogP contribution in [-0.2, 0) is 4.79 Å². The molecule has 2 rings (SSSR count). The second-order valence-electron chi connectivity index (χ2n) is 4.29. The van der Waals surface area contributed by atoms with Gasteiger partial charge in [-0.25, -0.2) is 9.69 Å². The van der Waals surface area contributed by atoms with Crippen molar-refractivity contribution < 1.29 is 9.59 Å². The number of nitrogens with zero attached hydrogens (tertiary/aromatic N) is 1. The van der Waals surface area contributed by atoms with Gasteiger partial charge in [-0.1, -0.05) is 23.2 Å². The van der Waals surface area contributed by atoms with E-state index < -0.39 is 11.6 Å². The van der Waals surface area contributed by atoms with Crippen molar-refractivity contribution in [3.8, 4) is 0 Å². The Morgan fingerprint density at radius 2 is 1.88 bits per heavy atom. The molecule has 0 aromatic heterocycles. The second-order valence-corrected chi connectivity index (χ2v) is 5.14. The minimum absolute atomic E-state index is 0.263. The summed E-state index contributed by atoms with van der Waals surface area (Å²) in [5.41, 5.74) is -0.579. The standard InChI is InChI=1S/C11H10Cl2N2O2/c1-11(2)9(16)15(10(17)14-11)8-4-3-6(12)5-7(8)13/h3-5H,1-2H3,(H,14,17). The second kappa shape index (κ2) is 3.89. The molecule has 6 heteroatoms. The number of urea groups is 1. The molecular weight excluding hydrogens is 263 g/mol. The zero-order valence-corrected chi connectivity index (χ0v) is 10.8. The lowest BCUT2D eigenvalue weighted by Gasteiger charge is -2.17. The van der Waals surface area contributed by atoms with Crippen LogP contribution in [0, 0.1) is 0 Å². The van der Waals surface area contributed by atoms with E-state index in [1.165, 1.54) is 6.07 Å². The van der Waals surface area contributed by atoms with Crippen LogP contribution in [0.15, 0.2) is 18.2 Å². The van der Waals surface area contributed by atoms with Gasteiger partial charge in [0.1, 0.15) is 5.54 Å². The molecule has 17 heavy (non-hydrogen) atoms. The van der Waals surface area contributed by atoms with E-state index in [4.69, 9.17) is 23.2 Å². The van der Waals surface area contributed by atoms with Crippen LogP contribution in [0.5, 0.6) is 0 Å². The molecule has 1 aromatic carbocycles. The van der Waals surface area contributed by atoms with Crippen molar-refractivity contribution in [2.45, 2.75) is 19.4 Å². The Morgan fingerprint density at radius 1 is 1.24 bits per heavy atom. The maximum absolute atomic E-state index is 12.0. The van der Waals surface area contributed by atoms with Gasteiger partial charge in [0, 0.05) is 5.02 Å². The van der Waals surface area contributed by atoms with Crippen LogP contribution in [0.3, 0.4) is 0 Å². The number of nitrogens with one attached hydrogen (secondary N) is 1. The Morgan fingerprint density at radius 3 is 2.35 bits per heavy atom. The van der Waals surface area contributed by atoms with Crippen LogP contribution in [0.4, 0.5) is 10.5 Å². The first kappa shape index (κ1) is 12.2. The Bertz CT molecular complexity index is 514. The number of hydrogen-bond donors (Lipinski definition) is 1. The highest BCUT2D eigenvalue weighted by atomic mass is 35.5. The highest BCUT2D eigenvalue weighted by molar-refractivity contribution is 6.38. The fraction of sp³-hybridized carbons (Fsp3) is 0.273. The Hall–Kier alpha value is -1.26. The number of carbonyl (C=O) groups excluding carboxylic acids is 2. The largest absolute Gasteiger partial charge is 0.329 e. The molecule has 1 fully saturated rings. The smallest absolute Gasteiger partial charge is 0.323 e. The molecule has 1 aliphatic heterocycles. The van der Waals surface area contributed by atoms with Crippen molar-refractivity contribution in [2.24, 2.45) is 0 Å². The first-order valence-electron chi connectivity index (χ1n) is 4.95. The summed E-state index contributed by atoms with van der Waals surface area (Å²) in [5, 5.41) is 3.29. The number of halogens is 2. The summed E-state index contributed by atoms with van der Waals surface area (Å²) < 4.78 is 0. The van der Waals surface area contributed by atoms with Crippen molar-refractivity contribution in [1.29, 1.82) is 0 Å². The van der Waals surface area contributed by atoms with Gasteiger partial charge >= 0.3 is 6.03 Å². The minimum Gasteiger partial charge on any atom is -0.323 e. The molecular formula is C11H10Cl2N2O2. The van der Waals surface area contributed by atoms with E-state index in [0.29, 0.717) is 10.7 Å². The minimum atomic E-state index is -0.917. The van der Waals surface area contributed by atoms with E-state index in [-0.39, 0.29) is 10.9 Å². The fourth-order valence-corrected chi connectivity index (χ4v) is 2.12. The number of benzene rings is 1. The van der Waals surface area contributed by atoms with Gasteiger partial charge in [-0.15, -0.1) is 0 Å². The first-order valence-corrected chi connectivity index (χ1v) is 5.70. The van der Waals surface area contributed by atoms with Crippen molar-refractivity contribution >= 4 is 40.8 Å². The van der Waals surface area contributed by atoms with E-state index in [9.17, 15) is 9.59 Å². The molecule has 4 nitrogen and oxygen atoms in total. The molecule has 1 N–H and O–H groups in total. The van der Waals surface area contributed by atoms with E-state index in [0.717, 1.165) is 4.90 Å². The lowest BCUT2D eigenvalue weighted by atomic mass is 10.1. The van der Waals surface area contributed by atoms with Crippen molar-refractivity contribution in [2.75, 3.05) is 4.90 Å². The number of rotatable bonds is 1. The zero-order valence-electron chi connectivity index (χ0n) is 9.25. The van der Waals surface area contributed by atoms with Gasteiger partial charge in [-0.3, -0.25) is 4.79 Å². The van der Waals surface area contributed by atoms with Crippen LogP contribution in [0.25, 0.3) is 0 Å². The molecule has 1 aromatic rings. The van der Waals surface area contributed by atoms with Crippen molar-refractivity contribution in [1.82, 2.24) is 5.32 Å². The van der Waals surface area contributed by atoms with Gasteiger partial charge in [0.15, 0.2) is 0 Å². The van der Waals surface area contributed by atoms with Crippen molar-refractivity contribution in [3.63, 3.8) is 0 Å². The van der Waals surface area contributed by atoms with Gasteiger partial charge in [0.2, 0.25) is 0 Å². The topological polar surface area (TPSA) is 49.4 Å². The van der Waals surface area contributed by atoms with Gasteiger partial charge in [0.05, 0.1) is 10.7 Å². The van der Waals surface area contributed by atoms with E-state index in [1.807, 2.05) is 0 Å². The lowest BCUT2D eigenvalue weighted by Crippen LogP contribution is -2.40. The number of hydrogen-bond acceptors (Lipinski definition) is 2. The highest BCUT2D eigenvalue weighted by Gasteiger charge is 2.45. The predicted octanol–water partition coefficient (Wildman–Crippen LogP) is 2.83. The third-order valence-electron chi connectivity index (χ3n) is 2.51. The molecule has 3 amide bonds. The molecule has 1 aliphatic rings. The summed E-state index contributed by atoms with van der Waals surface area (Å²) in [7, 11) is 0. The third-order valence-corrected chi connectivity index (χ3v) is 3.05. The zero-order chi connectivity index (χ0) is 12.8. The number of anilines is 1. The summed E-state index contributed by atoms with van der Waals surface area (Å²) in [5.74, 6) is -0.341. The molecule has 0 unspecified atom stereocenters. The van der Waals surface area contributed by atoms with Gasteiger partial charge in [0.25, 0.3) is 5.91 Å². The third kappa shape index (κ3) is 1.98. The normalized spacial score (nSPS) is 18.5. The van der Waals surface area contributed by atoms with Crippen LogP contribution >= 0.6 is 23.2 Å². The van der Waals surface area contributed by atoms with E-state index in [1.54, 1.807) is 26.0 Å². The monoisotopic (exact) mass is 272 g/mol. The van der Waals surface area contributed by atoms with E-state index in [2.05, 4.69) is 5.32 Å². The predicted molar refractivity (Wildman–Crippen MR) is 66.6 cm³/mol. The van der Waals surface area contributed by atoms with E-state index >= 15 is 0 Å². The Balaban J connectivity index is 2.48. The SMILES string of the molecule is CC1(C)NC(=O)N(c2ccc(Cl)cc2Cl)C1=O. The molecule has 0 saturated carbocycles. The van der Waals surface area contributed by atoms with Crippen molar-refractivity contribution in [3.05, 3.63) is 28.2 Å². The lowest BCUT2D eigenvalue weighted by molar-refractivity contribution is -0.120. The number of carbonyl (C=O) groups is 2. The molecule has 90 valence electrons. The first-order chi connectivity index (χ1) is 7.83. The molecule has 1 saturated heterocycles. The average Bonchev–Trinajstić information content (AvgIpc) is 2.39. The van der Waals surface area contributed by atoms with Gasteiger partial charge < -0.3 is 5.32 Å². The Kier molecular flexibility index (Phi) is 2.79. The summed E-state index contributed by atoms with van der Waals surface area (Å²) in [6.07, 6.45) is 0. The highest BCUT2D eigenvalue weighted by Crippen LogP contribution is 2.32. The van der Waals surface area contributed by atoms with Crippen LogP contribution in [0.2, 0.25) is 10.0 Å². The molecule has 0 bridgehead atoms. The number of imide groups is 1. The number of amides is 3. The molecule has 0 radical (unpaired) electrons. The summed E-state index contributed by atoms with van der Waals surface area (Å²) in [6.45, 7) is 3.27. The maximum Gasteiger partial charge on any atom is 0.329 e. The van der Waals surface area contributed by atoms with Crippen LogP contribution in [0.1, 0.15) is 13.8 Å². The quantitative estimate of drug-likeness (QED) is 0.800. The molecule has 0 spiro atoms. The molecule has 0 atom stereocenters. The van der Waals surface area contributed by atoms with Crippen LogP contribution < -0.4 is 10.2 Å². The van der Waals surface area contributed by atoms with Gasteiger partial charge in [-0.2, -0.15) is 0 Å². The fourth-order valence-electron chi connectivity index (χ4n) is 1.63. The van der Waals surface area contributed by atoms with Crippen LogP contribution in [-0.4, -0.2) is 17.5 Å². The summed E-state index contributed by atoms with van der Waals surface area (Å²) >= 11 is 11.7. The Labute approximate surface area is 108 Å². The summed E-state index contributed by atoms with van der Waals surface area (Å²) in [4.78, 5) is 24.8. The summed E-state index contributed by atoms with van der Waals surface area (Å²) in [6, 6.07) is 4.13. The maximum atomic E-state index is 12.0. The molecule has 1 heterocycles. The molecule has 0 aliphatic carbocycles. The van der Waals surface area contributed by atoms with Gasteiger partial charge in [-0.05, 0) is 32.0 Å².